The predicted molar refractivity (Wildman–Crippen MR) is 54.9 cm³/mol. The van der Waals surface area contributed by atoms with Crippen LogP contribution in [0.2, 0.25) is 0 Å². The summed E-state index contributed by atoms with van der Waals surface area (Å²) in [6.45, 7) is -1.94. The van der Waals surface area contributed by atoms with E-state index in [2.05, 4.69) is 4.98 Å². The first kappa shape index (κ1) is 10.9. The highest BCUT2D eigenvalue weighted by molar-refractivity contribution is 7.11. The van der Waals surface area contributed by atoms with Crippen molar-refractivity contribution >= 4 is 18.3 Å². The Kier molecular flexibility index (Phi) is 2.76. The van der Waals surface area contributed by atoms with Crippen LogP contribution in [0.25, 0.3) is 0 Å². The van der Waals surface area contributed by atoms with Gasteiger partial charge in [0.15, 0.2) is 0 Å². The van der Waals surface area contributed by atoms with E-state index in [9.17, 15) is 12.9 Å². The Labute approximate surface area is 90.2 Å². The normalized spacial score (nSPS) is 17.9. The van der Waals surface area contributed by atoms with Crippen LogP contribution in [0.15, 0.2) is 0 Å². The molecular weight excluding hydrogens is 224 g/mol. The zero-order valence-corrected chi connectivity index (χ0v) is 9.16. The van der Waals surface area contributed by atoms with Crippen LogP contribution in [0.3, 0.4) is 0 Å². The molecule has 0 saturated carbocycles. The molecule has 1 aromatic rings. The van der Waals surface area contributed by atoms with Gasteiger partial charge in [-0.2, -0.15) is 0 Å². The van der Waals surface area contributed by atoms with Crippen LogP contribution in [-0.4, -0.2) is 29.9 Å². The molecule has 1 aliphatic heterocycles. The minimum Gasteiger partial charge on any atom is -0.448 e. The van der Waals surface area contributed by atoms with E-state index in [4.69, 9.17) is 0 Å². The highest BCUT2D eigenvalue weighted by atomic mass is 32.1. The summed E-state index contributed by atoms with van der Waals surface area (Å²) >= 11 is 1.51. The van der Waals surface area contributed by atoms with E-state index in [1.165, 1.54) is 16.2 Å². The summed E-state index contributed by atoms with van der Waals surface area (Å²) in [5.41, 5.74) is 0.989. The Hall–Kier alpha value is -0.555. The molecule has 2 rings (SSSR count). The summed E-state index contributed by atoms with van der Waals surface area (Å²) in [6, 6.07) is 0. The molecule has 0 fully saturated rings. The van der Waals surface area contributed by atoms with E-state index in [0.717, 1.165) is 15.6 Å². The Balaban J connectivity index is 2.05. The standard InChI is InChI=1S/C8H11BF3N2S/c1-6-13-7-2-3-14(4-8(7)15-6)5-9(10,11)12/h2-5H2,1H3/q-1. The lowest BCUT2D eigenvalue weighted by molar-refractivity contribution is 0.262. The molecule has 0 radical (unpaired) electrons. The third-order valence-corrected chi connectivity index (χ3v) is 3.38. The lowest BCUT2D eigenvalue weighted by Crippen LogP contribution is -2.40. The first-order valence-electron chi connectivity index (χ1n) is 4.82. The molecule has 0 atom stereocenters. The molecule has 1 aliphatic rings. The molecule has 0 spiro atoms. The average molecular weight is 235 g/mol. The molecule has 0 bridgehead atoms. The van der Waals surface area contributed by atoms with Crippen LogP contribution in [-0.2, 0) is 13.0 Å². The van der Waals surface area contributed by atoms with Crippen molar-refractivity contribution in [2.75, 3.05) is 13.0 Å². The minimum absolute atomic E-state index is 0.405. The van der Waals surface area contributed by atoms with Crippen molar-refractivity contribution < 1.29 is 12.9 Å². The average Bonchev–Trinajstić information content (AvgIpc) is 2.40. The van der Waals surface area contributed by atoms with Crippen molar-refractivity contribution in [3.63, 3.8) is 0 Å². The molecule has 2 heterocycles. The van der Waals surface area contributed by atoms with Gasteiger partial charge in [0.05, 0.1) is 10.7 Å². The third kappa shape index (κ3) is 2.72. The van der Waals surface area contributed by atoms with Gasteiger partial charge in [0.2, 0.25) is 0 Å². The largest absolute Gasteiger partial charge is 0.492 e. The van der Waals surface area contributed by atoms with E-state index in [1.807, 2.05) is 6.92 Å². The maximum absolute atomic E-state index is 12.2. The van der Waals surface area contributed by atoms with Crippen LogP contribution in [0.1, 0.15) is 15.6 Å². The SMILES string of the molecule is Cc1nc2c(s1)CN(C[B-](F)(F)F)CC2. The van der Waals surface area contributed by atoms with Crippen molar-refractivity contribution in [2.45, 2.75) is 19.9 Å². The topological polar surface area (TPSA) is 16.1 Å². The highest BCUT2D eigenvalue weighted by Gasteiger charge is 2.29. The molecule has 0 aromatic carbocycles. The van der Waals surface area contributed by atoms with Gasteiger partial charge in [-0.25, -0.2) is 4.98 Å². The monoisotopic (exact) mass is 235 g/mol. The number of rotatable bonds is 2. The number of aryl methyl sites for hydroxylation is 1. The molecule has 7 heteroatoms. The molecule has 0 N–H and O–H groups in total. The van der Waals surface area contributed by atoms with E-state index >= 15 is 0 Å². The molecule has 84 valence electrons. The van der Waals surface area contributed by atoms with Gasteiger partial charge in [-0.05, 0) is 13.4 Å². The van der Waals surface area contributed by atoms with Crippen LogP contribution in [0, 0.1) is 6.92 Å². The van der Waals surface area contributed by atoms with Gasteiger partial charge in [0.25, 0.3) is 0 Å². The molecular formula is C8H11BF3N2S-. The van der Waals surface area contributed by atoms with E-state index in [-0.39, 0.29) is 0 Å². The van der Waals surface area contributed by atoms with Gasteiger partial charge in [0.1, 0.15) is 0 Å². The smallest absolute Gasteiger partial charge is 0.448 e. The second kappa shape index (κ2) is 3.79. The Morgan fingerprint density at radius 2 is 2.20 bits per heavy atom. The molecule has 1 aromatic heterocycles. The van der Waals surface area contributed by atoms with Crippen molar-refractivity contribution in [3.05, 3.63) is 15.6 Å². The predicted octanol–water partition coefficient (Wildman–Crippen LogP) is 2.20. The quantitative estimate of drug-likeness (QED) is 0.730. The van der Waals surface area contributed by atoms with E-state index < -0.39 is 13.4 Å². The molecule has 0 saturated heterocycles. The zero-order chi connectivity index (χ0) is 11.1. The third-order valence-electron chi connectivity index (χ3n) is 2.38. The fourth-order valence-electron chi connectivity index (χ4n) is 1.83. The van der Waals surface area contributed by atoms with Crippen LogP contribution < -0.4 is 0 Å². The van der Waals surface area contributed by atoms with Crippen LogP contribution in [0.4, 0.5) is 12.9 Å². The zero-order valence-electron chi connectivity index (χ0n) is 8.34. The second-order valence-electron chi connectivity index (χ2n) is 3.80. The van der Waals surface area contributed by atoms with Crippen LogP contribution in [0.5, 0.6) is 0 Å². The lowest BCUT2D eigenvalue weighted by atomic mass is 9.90. The van der Waals surface area contributed by atoms with Gasteiger partial charge in [-0.15, -0.1) is 11.3 Å². The maximum atomic E-state index is 12.2. The van der Waals surface area contributed by atoms with Crippen molar-refractivity contribution in [1.82, 2.24) is 9.88 Å². The second-order valence-corrected chi connectivity index (χ2v) is 5.09. The first-order valence-corrected chi connectivity index (χ1v) is 5.64. The molecule has 0 aliphatic carbocycles. The van der Waals surface area contributed by atoms with Gasteiger partial charge >= 0.3 is 6.98 Å². The highest BCUT2D eigenvalue weighted by Crippen LogP contribution is 2.25. The van der Waals surface area contributed by atoms with Crippen LogP contribution >= 0.6 is 11.3 Å². The van der Waals surface area contributed by atoms with Crippen molar-refractivity contribution in [3.8, 4) is 0 Å². The summed E-state index contributed by atoms with van der Waals surface area (Å²) in [7, 11) is 0. The number of hydrogen-bond acceptors (Lipinski definition) is 3. The van der Waals surface area contributed by atoms with Gasteiger partial charge in [-0.1, -0.05) is 0 Å². The number of nitrogens with zero attached hydrogens (tertiary/aromatic N) is 2. The van der Waals surface area contributed by atoms with Gasteiger partial charge in [0, 0.05) is 24.4 Å². The first-order chi connectivity index (χ1) is 6.94. The number of fused-ring (bicyclic) bond motifs is 1. The Morgan fingerprint density at radius 3 is 2.87 bits per heavy atom. The summed E-state index contributed by atoms with van der Waals surface area (Å²) in [6.07, 6.45) is -0.109. The number of thiazole rings is 1. The molecule has 2 nitrogen and oxygen atoms in total. The summed E-state index contributed by atoms with van der Waals surface area (Å²) in [4.78, 5) is 6.76. The number of hydrogen-bond donors (Lipinski definition) is 0. The number of halogens is 3. The van der Waals surface area contributed by atoms with E-state index in [0.29, 0.717) is 19.5 Å². The maximum Gasteiger partial charge on any atom is 0.492 e. The number of aromatic nitrogens is 1. The summed E-state index contributed by atoms with van der Waals surface area (Å²) in [5, 5.41) is 0.944. The van der Waals surface area contributed by atoms with E-state index in [1.54, 1.807) is 0 Å². The van der Waals surface area contributed by atoms with Gasteiger partial charge in [-0.3, -0.25) is 0 Å². The summed E-state index contributed by atoms with van der Waals surface area (Å²) in [5.74, 6) is 0. The molecule has 0 amide bonds. The fraction of sp³-hybridized carbons (Fsp3) is 0.625. The molecule has 15 heavy (non-hydrogen) atoms. The fourth-order valence-corrected chi connectivity index (χ4v) is 2.85. The lowest BCUT2D eigenvalue weighted by Gasteiger charge is -2.30. The minimum atomic E-state index is -4.71. The van der Waals surface area contributed by atoms with Crippen molar-refractivity contribution in [2.24, 2.45) is 0 Å². The summed E-state index contributed by atoms with van der Waals surface area (Å²) < 4.78 is 36.7. The Bertz CT molecular complexity index is 363. The molecule has 0 unspecified atom stereocenters. The Morgan fingerprint density at radius 1 is 1.47 bits per heavy atom. The van der Waals surface area contributed by atoms with Crippen molar-refractivity contribution in [1.29, 1.82) is 0 Å². The van der Waals surface area contributed by atoms with Gasteiger partial charge < -0.3 is 17.8 Å².